The molecule has 0 radical (unpaired) electrons. The maximum Gasteiger partial charge on any atom is 0.326 e. The molecule has 1 unspecified atom stereocenters. The van der Waals surface area contributed by atoms with Crippen LogP contribution in [0.3, 0.4) is 0 Å². The van der Waals surface area contributed by atoms with E-state index in [1.165, 1.54) is 0 Å². The first-order valence-electron chi connectivity index (χ1n) is 26.3. The number of primary amides is 4. The minimum absolute atomic E-state index is 0.0319. The van der Waals surface area contributed by atoms with Gasteiger partial charge in [-0.2, -0.15) is 0 Å². The van der Waals surface area contributed by atoms with Crippen LogP contribution in [-0.2, 0) is 53.1 Å². The van der Waals surface area contributed by atoms with Crippen molar-refractivity contribution in [3.63, 3.8) is 0 Å². The van der Waals surface area contributed by atoms with Crippen molar-refractivity contribution in [2.24, 2.45) is 22.9 Å². The number of thiocarbonyl (C=S) groups is 1. The number of hydrogen-bond acceptors (Lipinski definition) is 15. The molecule has 1 saturated heterocycles. The van der Waals surface area contributed by atoms with Crippen molar-refractivity contribution in [1.29, 1.82) is 0 Å². The molecule has 3 aromatic carbocycles. The third-order valence-corrected chi connectivity index (χ3v) is 13.6. The van der Waals surface area contributed by atoms with Crippen molar-refractivity contribution in [2.75, 3.05) is 83.9 Å². The number of unbranched alkanes of at least 4 members (excludes halogenated alkanes) is 1. The molecule has 436 valence electrons. The van der Waals surface area contributed by atoms with E-state index < -0.39 is 72.5 Å². The Labute approximate surface area is 473 Å². The first-order valence-corrected chi connectivity index (χ1v) is 26.7. The van der Waals surface area contributed by atoms with Crippen LogP contribution < -0.4 is 44.2 Å². The summed E-state index contributed by atoms with van der Waals surface area (Å²) in [5.41, 5.74) is 26.0. The topological polar surface area (TPSA) is 396 Å². The number of amides is 7. The maximum atomic E-state index is 14.2. The predicted octanol–water partition coefficient (Wildman–Crippen LogP) is -0.322. The van der Waals surface area contributed by atoms with Gasteiger partial charge in [0.15, 0.2) is 5.11 Å². The van der Waals surface area contributed by atoms with Gasteiger partial charge < -0.3 is 64.4 Å². The second kappa shape index (κ2) is 32.0. The molecule has 0 aliphatic carbocycles. The van der Waals surface area contributed by atoms with Gasteiger partial charge >= 0.3 is 23.9 Å². The summed E-state index contributed by atoms with van der Waals surface area (Å²) in [6, 6.07) is 19.6. The third kappa shape index (κ3) is 22.4. The van der Waals surface area contributed by atoms with E-state index in [1.54, 1.807) is 35.4 Å². The number of carboxylic acid groups (broad SMARTS) is 3. The number of rotatable bonds is 28. The lowest BCUT2D eigenvalue weighted by Crippen LogP contribution is -2.54. The molecule has 5 rings (SSSR count). The molecule has 26 nitrogen and oxygen atoms in total. The number of pyridine rings is 1. The number of urea groups is 1. The van der Waals surface area contributed by atoms with Gasteiger partial charge in [-0.3, -0.25) is 53.4 Å². The molecular weight excluding hydrogens is 1070 g/mol. The molecule has 4 aromatic rings. The molecule has 0 spiro atoms. The van der Waals surface area contributed by atoms with Crippen molar-refractivity contribution in [1.82, 2.24) is 45.4 Å². The Bertz CT molecular complexity index is 2840. The second-order valence-corrected chi connectivity index (χ2v) is 20.1. The smallest absolute Gasteiger partial charge is 0.326 e. The van der Waals surface area contributed by atoms with Crippen molar-refractivity contribution in [3.8, 4) is 0 Å². The van der Waals surface area contributed by atoms with Gasteiger partial charge in [0.25, 0.3) is 5.91 Å². The highest BCUT2D eigenvalue weighted by Gasteiger charge is 2.28. The molecule has 1 aliphatic heterocycles. The monoisotopic (exact) mass is 1140 g/mol. The highest BCUT2D eigenvalue weighted by atomic mass is 32.1. The quantitative estimate of drug-likeness (QED) is 0.0256. The summed E-state index contributed by atoms with van der Waals surface area (Å²) in [6.45, 7) is 2.83. The van der Waals surface area contributed by atoms with Crippen molar-refractivity contribution >= 4 is 87.3 Å². The molecule has 27 heteroatoms. The highest BCUT2D eigenvalue weighted by molar-refractivity contribution is 7.80. The number of fused-ring (bicyclic) bond motifs is 1. The fourth-order valence-corrected chi connectivity index (χ4v) is 9.49. The number of aliphatic carboxylic acids is 3. The maximum absolute atomic E-state index is 14.2. The third-order valence-electron chi connectivity index (χ3n) is 13.4. The fraction of sp³-hybridized carbons (Fsp3) is 0.426. The number of carbonyl (C=O) groups excluding carboxylic acids is 6. The Morgan fingerprint density at radius 3 is 1.80 bits per heavy atom. The van der Waals surface area contributed by atoms with Crippen LogP contribution in [0.2, 0.25) is 0 Å². The van der Waals surface area contributed by atoms with Crippen LogP contribution in [-0.4, -0.2) is 200 Å². The van der Waals surface area contributed by atoms with E-state index in [2.05, 4.69) is 26.3 Å². The number of benzene rings is 3. The Kier molecular flexibility index (Phi) is 25.1. The summed E-state index contributed by atoms with van der Waals surface area (Å²) in [6.07, 6.45) is 1.66. The normalized spacial score (nSPS) is 15.6. The van der Waals surface area contributed by atoms with Crippen LogP contribution in [0, 0.1) is 0 Å². The average molecular weight is 1140 g/mol. The number of carbonyl (C=O) groups is 9. The number of carboxylic acids is 3. The molecule has 2 heterocycles. The first-order chi connectivity index (χ1) is 38.6. The van der Waals surface area contributed by atoms with Gasteiger partial charge in [0, 0.05) is 94.2 Å². The second-order valence-electron chi connectivity index (χ2n) is 19.7. The summed E-state index contributed by atoms with van der Waals surface area (Å²) in [5, 5.41) is 41.0. The predicted molar refractivity (Wildman–Crippen MR) is 303 cm³/mol. The molecule has 0 bridgehead atoms. The Morgan fingerprint density at radius 2 is 1.21 bits per heavy atom. The molecule has 3 atom stereocenters. The molecule has 15 N–H and O–H groups in total. The van der Waals surface area contributed by atoms with Crippen LogP contribution in [0.5, 0.6) is 0 Å². The van der Waals surface area contributed by atoms with Crippen LogP contribution in [0.15, 0.2) is 85.1 Å². The molecule has 0 saturated carbocycles. The van der Waals surface area contributed by atoms with Crippen molar-refractivity contribution < 1.29 is 58.5 Å². The van der Waals surface area contributed by atoms with Gasteiger partial charge in [0.1, 0.15) is 12.1 Å². The van der Waals surface area contributed by atoms with Crippen LogP contribution in [0.4, 0.5) is 10.5 Å². The van der Waals surface area contributed by atoms with E-state index in [-0.39, 0.29) is 64.1 Å². The van der Waals surface area contributed by atoms with E-state index in [4.69, 9.17) is 40.3 Å². The lowest BCUT2D eigenvalue weighted by Gasteiger charge is -2.38. The van der Waals surface area contributed by atoms with E-state index in [0.29, 0.717) is 87.3 Å². The lowest BCUT2D eigenvalue weighted by molar-refractivity contribution is -0.141. The summed E-state index contributed by atoms with van der Waals surface area (Å²) >= 11 is 5.64. The molecule has 1 aliphatic rings. The summed E-state index contributed by atoms with van der Waals surface area (Å²) in [7, 11) is 0. The molecule has 7 amide bonds. The minimum Gasteiger partial charge on any atom is -0.481 e. The fourth-order valence-electron chi connectivity index (χ4n) is 9.30. The van der Waals surface area contributed by atoms with Crippen LogP contribution in [0.1, 0.15) is 59.3 Å². The largest absolute Gasteiger partial charge is 0.481 e. The number of anilines is 1. The number of aromatic nitrogens is 1. The summed E-state index contributed by atoms with van der Waals surface area (Å²) < 4.78 is 0. The Morgan fingerprint density at radius 1 is 0.654 bits per heavy atom. The van der Waals surface area contributed by atoms with Crippen molar-refractivity contribution in [3.05, 3.63) is 107 Å². The summed E-state index contributed by atoms with van der Waals surface area (Å²) in [5.74, 6) is -6.57. The molecular formula is C54H72N14O12S. The van der Waals surface area contributed by atoms with E-state index in [9.17, 15) is 53.4 Å². The zero-order chi connectivity index (χ0) is 59.0. The number of nitrogens with one attached hydrogen (secondary N) is 4. The van der Waals surface area contributed by atoms with Crippen LogP contribution >= 0.6 is 12.2 Å². The van der Waals surface area contributed by atoms with Gasteiger partial charge in [0.2, 0.25) is 23.6 Å². The SMILES string of the molecule is NC(=O)CN1CCN(CC(N)=O)CCN(CC(N)=O)C(Cc2ccc(NC(=S)NCc3ccc(C(=O)N(CCCC[C@@H](NC(=O)N[C@H](CCC(=O)O)C(=O)O)C(=O)O)Cc4nccc5ccccc45)cc3)cc2)CN(CC(N)=O)CC1. The Balaban J connectivity index is 1.22. The zero-order valence-corrected chi connectivity index (χ0v) is 45.7. The average Bonchev–Trinajstić information content (AvgIpc) is 3.42. The van der Waals surface area contributed by atoms with Crippen molar-refractivity contribution in [2.45, 2.75) is 69.7 Å². The van der Waals surface area contributed by atoms with E-state index >= 15 is 0 Å². The minimum atomic E-state index is -1.55. The van der Waals surface area contributed by atoms with Crippen LogP contribution in [0.25, 0.3) is 10.8 Å². The highest BCUT2D eigenvalue weighted by Crippen LogP contribution is 2.21. The molecule has 1 fully saturated rings. The number of nitrogens with two attached hydrogens (primary N) is 4. The Hall–Kier alpha value is -8.37. The molecule has 81 heavy (non-hydrogen) atoms. The van der Waals surface area contributed by atoms with Gasteiger partial charge in [-0.05, 0) is 91.2 Å². The van der Waals surface area contributed by atoms with Gasteiger partial charge in [-0.15, -0.1) is 0 Å². The van der Waals surface area contributed by atoms with E-state index in [0.717, 1.165) is 21.9 Å². The first kappa shape index (κ1) is 63.5. The van der Waals surface area contributed by atoms with E-state index in [1.807, 2.05) is 74.2 Å². The lowest BCUT2D eigenvalue weighted by atomic mass is 10.0. The number of hydrogen-bond donors (Lipinski definition) is 11. The molecule has 1 aromatic heterocycles. The van der Waals surface area contributed by atoms with Gasteiger partial charge in [-0.1, -0.05) is 48.5 Å². The van der Waals surface area contributed by atoms with Gasteiger partial charge in [-0.25, -0.2) is 14.4 Å². The standard InChI is InChI=1S/C54H72N14O12S/c55-45(69)31-64-21-22-65(32-46(56)70)25-26-67(34-48(58)72)40(29-66(24-23-64)33-47(57)71)27-35-10-14-39(15-11-35)61-54(81)60-28-36-8-12-38(13-9-36)50(75)68(30-44-41-6-2-1-5-37(41)18-19-59-44)20-4-3-7-42(51(76)77)62-53(80)63-43(52(78)79)16-17-49(73)74/h1-2,5-6,8-15,18-19,40,42-43H,3-4,7,16-17,20-34H2,(H2,55,69)(H2,56,70)(H2,57,71)(H2,58,72)(H,73,74)(H,76,77)(H,78,79)(H2,60,61,81)(H2,62,63,80)/t40?,42-,43-/m1/s1. The number of nitrogens with zero attached hydrogens (tertiary/aromatic N) is 6. The zero-order valence-electron chi connectivity index (χ0n) is 44.9. The van der Waals surface area contributed by atoms with Gasteiger partial charge in [0.05, 0.1) is 38.4 Å². The summed E-state index contributed by atoms with van der Waals surface area (Å²) in [4.78, 5) is 124.